The van der Waals surface area contributed by atoms with Crippen molar-refractivity contribution in [1.29, 1.82) is 0 Å². The Labute approximate surface area is 159 Å². The van der Waals surface area contributed by atoms with Crippen molar-refractivity contribution in [3.63, 3.8) is 0 Å². The van der Waals surface area contributed by atoms with E-state index in [0.717, 1.165) is 23.5 Å². The van der Waals surface area contributed by atoms with Gasteiger partial charge in [0.05, 0.1) is 11.9 Å². The maximum Gasteiger partial charge on any atom is 0.233 e. The molecule has 5 heteroatoms. The predicted molar refractivity (Wildman–Crippen MR) is 106 cm³/mol. The Morgan fingerprint density at radius 3 is 2.48 bits per heavy atom. The highest BCUT2D eigenvalue weighted by atomic mass is 35.5. The highest BCUT2D eigenvalue weighted by Crippen LogP contribution is 2.24. The second-order valence-corrected chi connectivity index (χ2v) is 7.54. The second-order valence-electron chi connectivity index (χ2n) is 5.69. The lowest BCUT2D eigenvalue weighted by Crippen LogP contribution is -2.31. The molecule has 3 nitrogen and oxygen atoms in total. The monoisotopic (exact) mass is 377 g/mol. The molecule has 0 fully saturated rings. The maximum absolute atomic E-state index is 12.2. The minimum absolute atomic E-state index is 0.0617. The summed E-state index contributed by atoms with van der Waals surface area (Å²) in [6.45, 7) is 5.25. The lowest BCUT2D eigenvalue weighted by atomic mass is 10.1. The molecular weight excluding hydrogens is 354 g/mol. The molecule has 0 radical (unpaired) electrons. The fourth-order valence-corrected chi connectivity index (χ4v) is 3.36. The number of hydrogen-bond donors (Lipinski definition) is 1. The zero-order valence-electron chi connectivity index (χ0n) is 14.6. The molecule has 0 spiro atoms. The van der Waals surface area contributed by atoms with Gasteiger partial charge in [0.15, 0.2) is 0 Å². The zero-order chi connectivity index (χ0) is 18.1. The Balaban J connectivity index is 1.68. The lowest BCUT2D eigenvalue weighted by Gasteiger charge is -2.12. The number of thioether (sulfide) groups is 1. The van der Waals surface area contributed by atoms with Crippen molar-refractivity contribution < 1.29 is 9.53 Å². The third kappa shape index (κ3) is 7.00. The van der Waals surface area contributed by atoms with E-state index < -0.39 is 0 Å². The normalized spacial score (nSPS) is 11.8. The van der Waals surface area contributed by atoms with Crippen molar-refractivity contribution in [2.45, 2.75) is 36.8 Å². The van der Waals surface area contributed by atoms with Gasteiger partial charge < -0.3 is 10.1 Å². The molecule has 0 saturated carbocycles. The molecule has 1 unspecified atom stereocenters. The SMILES string of the molecule is CCOc1ccc(CCCNC(=O)C(C)Sc2ccc(Cl)cc2)cc1. The van der Waals surface area contributed by atoms with E-state index in [1.807, 2.05) is 50.2 Å². The van der Waals surface area contributed by atoms with Crippen LogP contribution in [0.1, 0.15) is 25.8 Å². The Kier molecular flexibility index (Phi) is 8.16. The van der Waals surface area contributed by atoms with Crippen molar-refractivity contribution in [3.8, 4) is 5.75 Å². The molecule has 2 aromatic rings. The fraction of sp³-hybridized carbons (Fsp3) is 0.350. The maximum atomic E-state index is 12.2. The summed E-state index contributed by atoms with van der Waals surface area (Å²) in [4.78, 5) is 13.2. The standard InChI is InChI=1S/C20H24ClNO2S/c1-3-24-18-10-6-16(7-11-18)5-4-14-22-20(23)15(2)25-19-12-8-17(21)9-13-19/h6-13,15H,3-5,14H2,1-2H3,(H,22,23). The third-order valence-corrected chi connectivity index (χ3v) is 5.04. The van der Waals surface area contributed by atoms with Crippen LogP contribution in [0.3, 0.4) is 0 Å². The van der Waals surface area contributed by atoms with E-state index in [-0.39, 0.29) is 11.2 Å². The van der Waals surface area contributed by atoms with E-state index in [4.69, 9.17) is 16.3 Å². The minimum atomic E-state index is -0.133. The molecule has 0 heterocycles. The molecule has 0 aliphatic carbocycles. The van der Waals surface area contributed by atoms with Gasteiger partial charge in [0.2, 0.25) is 5.91 Å². The topological polar surface area (TPSA) is 38.3 Å². The zero-order valence-corrected chi connectivity index (χ0v) is 16.2. The van der Waals surface area contributed by atoms with Crippen LogP contribution in [-0.4, -0.2) is 24.3 Å². The van der Waals surface area contributed by atoms with Crippen LogP contribution >= 0.6 is 23.4 Å². The molecule has 1 amide bonds. The molecule has 0 bridgehead atoms. The van der Waals surface area contributed by atoms with Crippen LogP contribution in [0.15, 0.2) is 53.4 Å². The van der Waals surface area contributed by atoms with Crippen LogP contribution in [0, 0.1) is 0 Å². The van der Waals surface area contributed by atoms with Gasteiger partial charge in [-0.15, -0.1) is 11.8 Å². The molecule has 1 atom stereocenters. The van der Waals surface area contributed by atoms with Gasteiger partial charge in [-0.1, -0.05) is 23.7 Å². The van der Waals surface area contributed by atoms with Gasteiger partial charge in [0.1, 0.15) is 5.75 Å². The summed E-state index contributed by atoms with van der Waals surface area (Å²) in [7, 11) is 0. The van der Waals surface area contributed by atoms with Crippen molar-refractivity contribution >= 4 is 29.3 Å². The molecular formula is C20H24ClNO2S. The number of carbonyl (C=O) groups is 1. The van der Waals surface area contributed by atoms with Crippen LogP contribution in [-0.2, 0) is 11.2 Å². The number of amides is 1. The first-order valence-corrected chi connectivity index (χ1v) is 9.76. The first kappa shape index (κ1) is 19.7. The number of halogens is 1. The van der Waals surface area contributed by atoms with Crippen molar-refractivity contribution in [2.75, 3.05) is 13.2 Å². The first-order valence-electron chi connectivity index (χ1n) is 8.50. The molecule has 0 saturated heterocycles. The molecule has 1 N–H and O–H groups in total. The molecule has 2 aromatic carbocycles. The number of rotatable bonds is 9. The van der Waals surface area contributed by atoms with Crippen molar-refractivity contribution in [1.82, 2.24) is 5.32 Å². The Bertz CT molecular complexity index is 658. The summed E-state index contributed by atoms with van der Waals surface area (Å²) < 4.78 is 5.43. The number of carbonyl (C=O) groups excluding carboxylic acids is 1. The highest BCUT2D eigenvalue weighted by Gasteiger charge is 2.13. The van der Waals surface area contributed by atoms with Gasteiger partial charge in [-0.25, -0.2) is 0 Å². The Morgan fingerprint density at radius 2 is 1.84 bits per heavy atom. The van der Waals surface area contributed by atoms with Crippen molar-refractivity contribution in [3.05, 3.63) is 59.1 Å². The number of ether oxygens (including phenoxy) is 1. The highest BCUT2D eigenvalue weighted by molar-refractivity contribution is 8.00. The minimum Gasteiger partial charge on any atom is -0.494 e. The summed E-state index contributed by atoms with van der Waals surface area (Å²) in [6, 6.07) is 15.7. The van der Waals surface area contributed by atoms with Gasteiger partial charge in [-0.3, -0.25) is 4.79 Å². The van der Waals surface area contributed by atoms with Gasteiger partial charge in [0.25, 0.3) is 0 Å². The van der Waals surface area contributed by atoms with Crippen molar-refractivity contribution in [2.24, 2.45) is 0 Å². The predicted octanol–water partition coefficient (Wildman–Crippen LogP) is 4.97. The summed E-state index contributed by atoms with van der Waals surface area (Å²) in [5.41, 5.74) is 1.25. The quantitative estimate of drug-likeness (QED) is 0.495. The average molecular weight is 378 g/mol. The smallest absolute Gasteiger partial charge is 0.233 e. The van der Waals surface area contributed by atoms with E-state index in [1.54, 1.807) is 0 Å². The molecule has 0 aliphatic heterocycles. The molecule has 0 aliphatic rings. The molecule has 2 rings (SSSR count). The summed E-state index contributed by atoms with van der Waals surface area (Å²) in [5.74, 6) is 0.958. The molecule has 134 valence electrons. The summed E-state index contributed by atoms with van der Waals surface area (Å²) in [5, 5.41) is 3.58. The van der Waals surface area contributed by atoms with Crippen LogP contribution in [0.25, 0.3) is 0 Å². The Morgan fingerprint density at radius 1 is 1.16 bits per heavy atom. The largest absolute Gasteiger partial charge is 0.494 e. The van der Waals surface area contributed by atoms with Crippen LogP contribution in [0.4, 0.5) is 0 Å². The summed E-state index contributed by atoms with van der Waals surface area (Å²) in [6.07, 6.45) is 1.85. The van der Waals surface area contributed by atoms with E-state index in [1.165, 1.54) is 17.3 Å². The number of benzene rings is 2. The molecule has 25 heavy (non-hydrogen) atoms. The lowest BCUT2D eigenvalue weighted by molar-refractivity contribution is -0.120. The van der Waals surface area contributed by atoms with Gasteiger partial charge >= 0.3 is 0 Å². The van der Waals surface area contributed by atoms with Gasteiger partial charge in [0, 0.05) is 16.5 Å². The van der Waals surface area contributed by atoms with Gasteiger partial charge in [-0.05, 0) is 68.7 Å². The van der Waals surface area contributed by atoms with E-state index >= 15 is 0 Å². The van der Waals surface area contributed by atoms with Crippen LogP contribution in [0.2, 0.25) is 5.02 Å². The second kappa shape index (κ2) is 10.4. The average Bonchev–Trinajstić information content (AvgIpc) is 2.62. The van der Waals surface area contributed by atoms with E-state index in [0.29, 0.717) is 18.2 Å². The van der Waals surface area contributed by atoms with Gasteiger partial charge in [-0.2, -0.15) is 0 Å². The fourth-order valence-electron chi connectivity index (χ4n) is 2.34. The third-order valence-electron chi connectivity index (χ3n) is 3.67. The van der Waals surface area contributed by atoms with Crippen LogP contribution < -0.4 is 10.1 Å². The first-order chi connectivity index (χ1) is 12.1. The number of aryl methyl sites for hydroxylation is 1. The Hall–Kier alpha value is -1.65. The van der Waals surface area contributed by atoms with E-state index in [9.17, 15) is 4.79 Å². The molecule has 0 aromatic heterocycles. The summed E-state index contributed by atoms with van der Waals surface area (Å²) >= 11 is 7.41. The van der Waals surface area contributed by atoms with E-state index in [2.05, 4.69) is 17.4 Å². The van der Waals surface area contributed by atoms with Crippen LogP contribution in [0.5, 0.6) is 5.75 Å². The number of hydrogen-bond acceptors (Lipinski definition) is 3. The number of nitrogens with one attached hydrogen (secondary N) is 1.